The average Bonchev–Trinajstić information content (AvgIpc) is 2.43. The molecule has 0 saturated carbocycles. The van der Waals surface area contributed by atoms with E-state index in [-0.39, 0.29) is 5.91 Å². The minimum Gasteiger partial charge on any atom is -0.480 e. The van der Waals surface area contributed by atoms with Crippen molar-refractivity contribution in [1.82, 2.24) is 10.6 Å². The molecule has 102 valence electrons. The molecular formula is C13H16N2O4. The molecule has 0 aliphatic carbocycles. The smallest absolute Gasteiger partial charge is 0.328 e. The number of aliphatic hydroxyl groups is 1. The molecule has 1 aromatic rings. The van der Waals surface area contributed by atoms with Gasteiger partial charge in [0.05, 0.1) is 12.5 Å². The fourth-order valence-electron chi connectivity index (χ4n) is 2.19. The van der Waals surface area contributed by atoms with Crippen LogP contribution in [0.25, 0.3) is 0 Å². The lowest BCUT2D eigenvalue weighted by Crippen LogP contribution is -2.47. The molecule has 1 amide bonds. The zero-order chi connectivity index (χ0) is 13.8. The van der Waals surface area contributed by atoms with Crippen molar-refractivity contribution in [2.75, 3.05) is 13.2 Å². The predicted molar refractivity (Wildman–Crippen MR) is 67.5 cm³/mol. The molecule has 6 nitrogen and oxygen atoms in total. The topological polar surface area (TPSA) is 98.7 Å². The van der Waals surface area contributed by atoms with Crippen LogP contribution in [-0.4, -0.2) is 41.3 Å². The average molecular weight is 264 g/mol. The van der Waals surface area contributed by atoms with Gasteiger partial charge in [-0.3, -0.25) is 4.79 Å². The van der Waals surface area contributed by atoms with E-state index in [0.717, 1.165) is 11.1 Å². The van der Waals surface area contributed by atoms with Crippen molar-refractivity contribution < 1.29 is 19.8 Å². The highest BCUT2D eigenvalue weighted by Gasteiger charge is 2.29. The van der Waals surface area contributed by atoms with Gasteiger partial charge in [0.2, 0.25) is 5.91 Å². The number of carbonyl (C=O) groups excluding carboxylic acids is 1. The number of rotatable bonds is 4. The molecule has 1 aliphatic heterocycles. The summed E-state index contributed by atoms with van der Waals surface area (Å²) < 4.78 is 0. The van der Waals surface area contributed by atoms with Crippen molar-refractivity contribution in [1.29, 1.82) is 0 Å². The fraction of sp³-hybridized carbons (Fsp3) is 0.385. The molecule has 4 N–H and O–H groups in total. The first-order valence-corrected chi connectivity index (χ1v) is 6.06. The molecular weight excluding hydrogens is 248 g/mol. The lowest BCUT2D eigenvalue weighted by atomic mass is 9.90. The van der Waals surface area contributed by atoms with Gasteiger partial charge in [-0.2, -0.15) is 0 Å². The molecule has 2 rings (SSSR count). The molecule has 0 fully saturated rings. The number of aliphatic hydroxyl groups excluding tert-OH is 1. The Hall–Kier alpha value is -1.92. The molecule has 0 saturated heterocycles. The van der Waals surface area contributed by atoms with Gasteiger partial charge in [-0.15, -0.1) is 0 Å². The minimum atomic E-state index is -1.26. The number of carbonyl (C=O) groups is 2. The second-order valence-corrected chi connectivity index (χ2v) is 4.46. The zero-order valence-corrected chi connectivity index (χ0v) is 10.3. The van der Waals surface area contributed by atoms with E-state index in [1.807, 2.05) is 24.3 Å². The molecule has 1 heterocycles. The molecule has 0 bridgehead atoms. The number of carboxylic acid groups (broad SMARTS) is 1. The van der Waals surface area contributed by atoms with E-state index >= 15 is 0 Å². The third-order valence-corrected chi connectivity index (χ3v) is 3.21. The SMILES string of the molecule is O=C(N[C@H](CO)C(=O)O)C1CNCc2ccccc21. The second kappa shape index (κ2) is 5.81. The molecule has 2 atom stereocenters. The summed E-state index contributed by atoms with van der Waals surface area (Å²) in [5.41, 5.74) is 1.94. The van der Waals surface area contributed by atoms with Crippen LogP contribution < -0.4 is 10.6 Å². The lowest BCUT2D eigenvalue weighted by molar-refractivity contribution is -0.143. The van der Waals surface area contributed by atoms with Crippen molar-refractivity contribution in [2.24, 2.45) is 0 Å². The zero-order valence-electron chi connectivity index (χ0n) is 10.3. The lowest BCUT2D eigenvalue weighted by Gasteiger charge is -2.26. The highest BCUT2D eigenvalue weighted by molar-refractivity contribution is 5.88. The van der Waals surface area contributed by atoms with Crippen LogP contribution in [0.15, 0.2) is 24.3 Å². The Balaban J connectivity index is 2.15. The number of amides is 1. The van der Waals surface area contributed by atoms with Crippen molar-refractivity contribution in [3.63, 3.8) is 0 Å². The standard InChI is InChI=1S/C13H16N2O4/c16-7-11(13(18)19)15-12(17)10-6-14-5-8-3-1-2-4-9(8)10/h1-4,10-11,14,16H,5-7H2,(H,15,17)(H,18,19)/t10?,11-/m1/s1. The number of fused-ring (bicyclic) bond motifs is 1. The Morgan fingerprint density at radius 1 is 1.42 bits per heavy atom. The van der Waals surface area contributed by atoms with Crippen LogP contribution in [0, 0.1) is 0 Å². The predicted octanol–water partition coefficient (Wildman–Crippen LogP) is -0.565. The molecule has 0 radical (unpaired) electrons. The Morgan fingerprint density at radius 2 is 2.16 bits per heavy atom. The Morgan fingerprint density at radius 3 is 2.84 bits per heavy atom. The first-order chi connectivity index (χ1) is 9.13. The summed E-state index contributed by atoms with van der Waals surface area (Å²) in [5, 5.41) is 23.2. The summed E-state index contributed by atoms with van der Waals surface area (Å²) in [6.07, 6.45) is 0. The van der Waals surface area contributed by atoms with E-state index in [2.05, 4.69) is 10.6 Å². The molecule has 0 aromatic heterocycles. The Labute approximate surface area is 110 Å². The van der Waals surface area contributed by atoms with Gasteiger partial charge < -0.3 is 20.8 Å². The van der Waals surface area contributed by atoms with Crippen LogP contribution in [0.5, 0.6) is 0 Å². The molecule has 1 unspecified atom stereocenters. The van der Waals surface area contributed by atoms with Gasteiger partial charge >= 0.3 is 5.97 Å². The molecule has 1 aromatic carbocycles. The quantitative estimate of drug-likeness (QED) is 0.584. The first kappa shape index (κ1) is 13.5. The summed E-state index contributed by atoms with van der Waals surface area (Å²) >= 11 is 0. The summed E-state index contributed by atoms with van der Waals surface area (Å²) in [6.45, 7) is 0.534. The van der Waals surface area contributed by atoms with Crippen molar-refractivity contribution in [3.05, 3.63) is 35.4 Å². The van der Waals surface area contributed by atoms with Crippen molar-refractivity contribution >= 4 is 11.9 Å². The summed E-state index contributed by atoms with van der Waals surface area (Å²) in [6, 6.07) is 6.29. The highest BCUT2D eigenvalue weighted by Crippen LogP contribution is 2.23. The molecule has 19 heavy (non-hydrogen) atoms. The van der Waals surface area contributed by atoms with E-state index in [1.165, 1.54) is 0 Å². The normalized spacial score (nSPS) is 19.3. The van der Waals surface area contributed by atoms with E-state index in [9.17, 15) is 9.59 Å². The van der Waals surface area contributed by atoms with E-state index in [4.69, 9.17) is 10.2 Å². The number of nitrogens with one attached hydrogen (secondary N) is 2. The third kappa shape index (κ3) is 2.91. The van der Waals surface area contributed by atoms with Crippen LogP contribution >= 0.6 is 0 Å². The van der Waals surface area contributed by atoms with Gasteiger partial charge in [0.15, 0.2) is 0 Å². The number of aliphatic carboxylic acids is 1. The van der Waals surface area contributed by atoms with Crippen LogP contribution in [-0.2, 0) is 16.1 Å². The summed E-state index contributed by atoms with van der Waals surface area (Å²) in [7, 11) is 0. The maximum Gasteiger partial charge on any atom is 0.328 e. The largest absolute Gasteiger partial charge is 0.480 e. The summed E-state index contributed by atoms with van der Waals surface area (Å²) in [4.78, 5) is 22.9. The van der Waals surface area contributed by atoms with Crippen LogP contribution in [0.1, 0.15) is 17.0 Å². The van der Waals surface area contributed by atoms with E-state index in [1.54, 1.807) is 0 Å². The van der Waals surface area contributed by atoms with Gasteiger partial charge in [-0.1, -0.05) is 24.3 Å². The van der Waals surface area contributed by atoms with Gasteiger partial charge in [0, 0.05) is 13.1 Å². The van der Waals surface area contributed by atoms with Gasteiger partial charge in [-0.05, 0) is 11.1 Å². The Bertz CT molecular complexity index is 489. The fourth-order valence-corrected chi connectivity index (χ4v) is 2.19. The maximum absolute atomic E-state index is 12.1. The number of benzene rings is 1. The number of carboxylic acids is 1. The van der Waals surface area contributed by atoms with Crippen LogP contribution in [0.3, 0.4) is 0 Å². The van der Waals surface area contributed by atoms with E-state index < -0.39 is 24.5 Å². The van der Waals surface area contributed by atoms with Gasteiger partial charge in [0.25, 0.3) is 0 Å². The summed E-state index contributed by atoms with van der Waals surface area (Å²) in [5.74, 6) is -2.06. The second-order valence-electron chi connectivity index (χ2n) is 4.46. The van der Waals surface area contributed by atoms with Crippen LogP contribution in [0.2, 0.25) is 0 Å². The minimum absolute atomic E-state index is 0.388. The van der Waals surface area contributed by atoms with Crippen LogP contribution in [0.4, 0.5) is 0 Å². The van der Waals surface area contributed by atoms with Gasteiger partial charge in [0.1, 0.15) is 6.04 Å². The molecule has 0 spiro atoms. The monoisotopic (exact) mass is 264 g/mol. The molecule has 6 heteroatoms. The molecule has 1 aliphatic rings. The van der Waals surface area contributed by atoms with E-state index in [0.29, 0.717) is 13.1 Å². The maximum atomic E-state index is 12.1. The van der Waals surface area contributed by atoms with Crippen molar-refractivity contribution in [2.45, 2.75) is 18.5 Å². The van der Waals surface area contributed by atoms with Gasteiger partial charge in [-0.25, -0.2) is 4.79 Å². The first-order valence-electron chi connectivity index (χ1n) is 6.06. The van der Waals surface area contributed by atoms with Crippen molar-refractivity contribution in [3.8, 4) is 0 Å². The third-order valence-electron chi connectivity index (χ3n) is 3.21. The number of hydrogen-bond donors (Lipinski definition) is 4. The Kier molecular flexibility index (Phi) is 4.13. The number of hydrogen-bond acceptors (Lipinski definition) is 4. The highest BCUT2D eigenvalue weighted by atomic mass is 16.4.